The van der Waals surface area contributed by atoms with E-state index in [1.54, 1.807) is 36.0 Å². The van der Waals surface area contributed by atoms with E-state index >= 15 is 0 Å². The summed E-state index contributed by atoms with van der Waals surface area (Å²) in [5.74, 6) is 0.983. The summed E-state index contributed by atoms with van der Waals surface area (Å²) in [6.45, 7) is 3.03. The maximum Gasteiger partial charge on any atom is 0.239 e. The Morgan fingerprint density at radius 3 is 2.80 bits per heavy atom. The molecule has 1 fully saturated rings. The van der Waals surface area contributed by atoms with E-state index in [4.69, 9.17) is 9.47 Å². The van der Waals surface area contributed by atoms with Crippen LogP contribution in [0.15, 0.2) is 54.7 Å². The Kier molecular flexibility index (Phi) is 6.46. The predicted octanol–water partition coefficient (Wildman–Crippen LogP) is 5.68. The van der Waals surface area contributed by atoms with E-state index in [1.807, 2.05) is 25.1 Å². The average molecular weight is 475 g/mol. The van der Waals surface area contributed by atoms with Crippen molar-refractivity contribution < 1.29 is 18.7 Å². The quantitative estimate of drug-likeness (QED) is 0.235. The molecule has 1 N–H and O–H groups in total. The summed E-state index contributed by atoms with van der Waals surface area (Å²) in [7, 11) is 1.64. The number of aromatic nitrogens is 3. The standard InChI is InChI=1S/C27H27FN4O3/c1-17-12-19(8-9-22(17)25(33)13-18-6-7-18)24-16-30-27-23(29-10-11-34-2)15-26(31-32(24)27)35-21-5-3-4-20(28)14-21/h3-5,8-9,12,14-16,18,29H,6-7,10-11,13H2,1-2H3. The van der Waals surface area contributed by atoms with Gasteiger partial charge in [-0.3, -0.25) is 4.79 Å². The van der Waals surface area contributed by atoms with Crippen LogP contribution in [0.1, 0.15) is 35.2 Å². The molecule has 180 valence electrons. The molecule has 1 aliphatic rings. The number of ether oxygens (including phenoxy) is 2. The van der Waals surface area contributed by atoms with Crippen molar-refractivity contribution in [3.8, 4) is 22.9 Å². The Morgan fingerprint density at radius 2 is 2.06 bits per heavy atom. The second kappa shape index (κ2) is 9.84. The summed E-state index contributed by atoms with van der Waals surface area (Å²) in [6.07, 6.45) is 4.67. The molecule has 2 heterocycles. The zero-order chi connectivity index (χ0) is 24.4. The van der Waals surface area contributed by atoms with Gasteiger partial charge >= 0.3 is 0 Å². The Hall–Kier alpha value is -3.78. The maximum atomic E-state index is 13.7. The lowest BCUT2D eigenvalue weighted by Gasteiger charge is -2.12. The monoisotopic (exact) mass is 474 g/mol. The van der Waals surface area contributed by atoms with Gasteiger partial charge in [-0.05, 0) is 49.4 Å². The van der Waals surface area contributed by atoms with Crippen LogP contribution in [-0.2, 0) is 4.74 Å². The minimum Gasteiger partial charge on any atom is -0.437 e. The van der Waals surface area contributed by atoms with Gasteiger partial charge in [0, 0.05) is 43.3 Å². The number of rotatable bonds is 10. The van der Waals surface area contributed by atoms with E-state index < -0.39 is 5.82 Å². The van der Waals surface area contributed by atoms with Crippen LogP contribution < -0.4 is 10.1 Å². The fourth-order valence-corrected chi connectivity index (χ4v) is 4.09. The van der Waals surface area contributed by atoms with Gasteiger partial charge in [0.05, 0.1) is 24.2 Å². The van der Waals surface area contributed by atoms with Gasteiger partial charge in [-0.1, -0.05) is 18.2 Å². The topological polar surface area (TPSA) is 77.7 Å². The molecule has 8 heteroatoms. The summed E-state index contributed by atoms with van der Waals surface area (Å²) in [6, 6.07) is 13.5. The number of aryl methyl sites for hydroxylation is 1. The van der Waals surface area contributed by atoms with Crippen LogP contribution in [0, 0.1) is 18.7 Å². The van der Waals surface area contributed by atoms with Gasteiger partial charge in [-0.25, -0.2) is 13.9 Å². The number of carbonyl (C=O) groups is 1. The predicted molar refractivity (Wildman–Crippen MR) is 132 cm³/mol. The third kappa shape index (κ3) is 5.17. The van der Waals surface area contributed by atoms with Crippen LogP contribution in [0.5, 0.6) is 11.6 Å². The van der Waals surface area contributed by atoms with Crippen LogP contribution in [0.3, 0.4) is 0 Å². The smallest absolute Gasteiger partial charge is 0.239 e. The van der Waals surface area contributed by atoms with Crippen molar-refractivity contribution in [1.29, 1.82) is 0 Å². The molecule has 2 aromatic carbocycles. The van der Waals surface area contributed by atoms with Crippen LogP contribution in [0.4, 0.5) is 10.1 Å². The van der Waals surface area contributed by atoms with Crippen molar-refractivity contribution in [1.82, 2.24) is 14.6 Å². The number of anilines is 1. The molecular weight excluding hydrogens is 447 g/mol. The second-order valence-corrected chi connectivity index (χ2v) is 8.85. The summed E-state index contributed by atoms with van der Waals surface area (Å²) in [4.78, 5) is 17.2. The number of nitrogens with zero attached hydrogens (tertiary/aromatic N) is 3. The first-order valence-electron chi connectivity index (χ1n) is 11.7. The van der Waals surface area contributed by atoms with Gasteiger partial charge in [0.25, 0.3) is 0 Å². The molecule has 0 saturated heterocycles. The number of Topliss-reactive ketones (excluding diaryl/α,β-unsaturated/α-hetero) is 1. The highest BCUT2D eigenvalue weighted by Crippen LogP contribution is 2.34. The molecule has 0 spiro atoms. The van der Waals surface area contributed by atoms with E-state index in [0.717, 1.165) is 35.2 Å². The molecule has 2 aromatic heterocycles. The third-order valence-corrected chi connectivity index (χ3v) is 6.08. The highest BCUT2D eigenvalue weighted by atomic mass is 19.1. The molecule has 7 nitrogen and oxygen atoms in total. The number of nitrogens with one attached hydrogen (secondary N) is 1. The molecule has 0 bridgehead atoms. The molecular formula is C27H27FN4O3. The van der Waals surface area contributed by atoms with Gasteiger partial charge in [-0.15, -0.1) is 5.10 Å². The van der Waals surface area contributed by atoms with Gasteiger partial charge in [0.2, 0.25) is 5.88 Å². The number of fused-ring (bicyclic) bond motifs is 1. The lowest BCUT2D eigenvalue weighted by atomic mass is 9.98. The van der Waals surface area contributed by atoms with E-state index in [0.29, 0.717) is 42.6 Å². The van der Waals surface area contributed by atoms with Gasteiger partial charge in [-0.2, -0.15) is 0 Å². The van der Waals surface area contributed by atoms with E-state index in [-0.39, 0.29) is 11.7 Å². The SMILES string of the molecule is COCCNc1cc(Oc2cccc(F)c2)nn2c(-c3ccc(C(=O)CC4CC4)c(C)c3)cnc12. The molecule has 0 aliphatic heterocycles. The summed E-state index contributed by atoms with van der Waals surface area (Å²) in [5.41, 5.74) is 4.66. The number of ketones is 1. The zero-order valence-electron chi connectivity index (χ0n) is 19.8. The largest absolute Gasteiger partial charge is 0.437 e. The fraction of sp³-hybridized carbons (Fsp3) is 0.296. The molecule has 0 amide bonds. The zero-order valence-corrected chi connectivity index (χ0v) is 19.8. The molecule has 35 heavy (non-hydrogen) atoms. The minimum absolute atomic E-state index is 0.197. The molecule has 0 atom stereocenters. The van der Waals surface area contributed by atoms with E-state index in [2.05, 4.69) is 15.4 Å². The first-order chi connectivity index (χ1) is 17.0. The number of carbonyl (C=O) groups excluding carboxylic acids is 1. The normalized spacial score (nSPS) is 13.2. The minimum atomic E-state index is -0.392. The molecule has 1 aliphatic carbocycles. The fourth-order valence-electron chi connectivity index (χ4n) is 4.09. The van der Waals surface area contributed by atoms with Crippen molar-refractivity contribution in [3.05, 3.63) is 71.7 Å². The highest BCUT2D eigenvalue weighted by Gasteiger charge is 2.25. The van der Waals surface area contributed by atoms with Gasteiger partial charge in [0.15, 0.2) is 11.4 Å². The Bertz CT molecular complexity index is 1380. The summed E-state index contributed by atoms with van der Waals surface area (Å²) >= 11 is 0. The van der Waals surface area contributed by atoms with Crippen LogP contribution >= 0.6 is 0 Å². The molecule has 0 radical (unpaired) electrons. The number of hydrogen-bond acceptors (Lipinski definition) is 6. The van der Waals surface area contributed by atoms with Crippen molar-refractivity contribution in [3.63, 3.8) is 0 Å². The number of methoxy groups -OCH3 is 1. The van der Waals surface area contributed by atoms with Crippen molar-refractivity contribution in [2.45, 2.75) is 26.2 Å². The van der Waals surface area contributed by atoms with Crippen molar-refractivity contribution in [2.24, 2.45) is 5.92 Å². The molecule has 5 rings (SSSR count). The van der Waals surface area contributed by atoms with E-state index in [1.165, 1.54) is 12.1 Å². The number of imidazole rings is 1. The van der Waals surface area contributed by atoms with E-state index in [9.17, 15) is 9.18 Å². The first kappa shape index (κ1) is 23.0. The highest BCUT2D eigenvalue weighted by molar-refractivity contribution is 5.98. The van der Waals surface area contributed by atoms with Crippen LogP contribution in [0.2, 0.25) is 0 Å². The third-order valence-electron chi connectivity index (χ3n) is 6.08. The summed E-state index contributed by atoms with van der Waals surface area (Å²) < 4.78 is 26.4. The Morgan fingerprint density at radius 1 is 1.20 bits per heavy atom. The molecule has 4 aromatic rings. The number of benzene rings is 2. The molecule has 1 saturated carbocycles. The van der Waals surface area contributed by atoms with Gasteiger partial charge in [0.1, 0.15) is 11.6 Å². The molecule has 0 unspecified atom stereocenters. The lowest BCUT2D eigenvalue weighted by Crippen LogP contribution is -2.10. The number of hydrogen-bond donors (Lipinski definition) is 1. The number of halogens is 1. The van der Waals surface area contributed by atoms with Crippen molar-refractivity contribution >= 4 is 17.1 Å². The Labute approximate surface area is 202 Å². The average Bonchev–Trinajstić information content (AvgIpc) is 3.54. The Balaban J connectivity index is 1.52. The second-order valence-electron chi connectivity index (χ2n) is 8.85. The maximum absolute atomic E-state index is 13.7. The summed E-state index contributed by atoms with van der Waals surface area (Å²) in [5, 5.41) is 7.93. The van der Waals surface area contributed by atoms with Crippen molar-refractivity contribution in [2.75, 3.05) is 25.6 Å². The van der Waals surface area contributed by atoms with Crippen LogP contribution in [0.25, 0.3) is 16.9 Å². The van der Waals surface area contributed by atoms with Gasteiger partial charge < -0.3 is 14.8 Å². The first-order valence-corrected chi connectivity index (χ1v) is 11.7. The lowest BCUT2D eigenvalue weighted by molar-refractivity contribution is 0.0975. The van der Waals surface area contributed by atoms with Crippen LogP contribution in [-0.4, -0.2) is 40.6 Å².